The minimum absolute atomic E-state index is 0.109. The van der Waals surface area contributed by atoms with Crippen LogP contribution in [0.3, 0.4) is 0 Å². The summed E-state index contributed by atoms with van der Waals surface area (Å²) in [5.74, 6) is -0.645. The summed E-state index contributed by atoms with van der Waals surface area (Å²) in [7, 11) is 1.78. The molecule has 0 saturated carbocycles. The van der Waals surface area contributed by atoms with Gasteiger partial charge in [0.25, 0.3) is 17.7 Å². The first-order chi connectivity index (χ1) is 14.1. The fraction of sp³-hybridized carbons (Fsp3) is 0.348. The summed E-state index contributed by atoms with van der Waals surface area (Å²) in [6.07, 6.45) is 0. The molecule has 0 aromatic heterocycles. The summed E-state index contributed by atoms with van der Waals surface area (Å²) in [6, 6.07) is 16.5. The van der Waals surface area contributed by atoms with Gasteiger partial charge < -0.3 is 20.9 Å². The Labute approximate surface area is 177 Å². The van der Waals surface area contributed by atoms with Gasteiger partial charge in [-0.25, -0.2) is 0 Å². The molecule has 2 aromatic rings. The van der Waals surface area contributed by atoms with Crippen molar-refractivity contribution in [1.82, 2.24) is 10.6 Å². The van der Waals surface area contributed by atoms with Crippen molar-refractivity contribution in [1.29, 1.82) is 0 Å². The number of carbonyl (C=O) groups is 3. The first-order valence-corrected chi connectivity index (χ1v) is 9.97. The van der Waals surface area contributed by atoms with Crippen molar-refractivity contribution in [3.05, 3.63) is 65.7 Å². The Kier molecular flexibility index (Phi) is 8.12. The van der Waals surface area contributed by atoms with Crippen molar-refractivity contribution in [3.8, 4) is 0 Å². The zero-order valence-corrected chi connectivity index (χ0v) is 18.0. The Hall–Kier alpha value is -3.19. The lowest BCUT2D eigenvalue weighted by Gasteiger charge is -2.21. The molecule has 0 fully saturated rings. The number of carbonyl (C=O) groups excluding carboxylic acids is 3. The van der Waals surface area contributed by atoms with Gasteiger partial charge in [-0.15, -0.1) is 0 Å². The molecule has 1 unspecified atom stereocenters. The molecular weight excluding hydrogens is 380 g/mol. The quantitative estimate of drug-likeness (QED) is 0.522. The lowest BCUT2D eigenvalue weighted by molar-refractivity contribution is -0.862. The maximum Gasteiger partial charge on any atom is 0.279 e. The molecule has 0 bridgehead atoms. The fourth-order valence-corrected chi connectivity index (χ4v) is 2.93. The molecular formula is C23H31N4O3+. The van der Waals surface area contributed by atoms with E-state index >= 15 is 0 Å². The Bertz CT molecular complexity index is 876. The van der Waals surface area contributed by atoms with Crippen LogP contribution in [-0.4, -0.2) is 43.4 Å². The summed E-state index contributed by atoms with van der Waals surface area (Å²) < 4.78 is 0. The van der Waals surface area contributed by atoms with Crippen molar-refractivity contribution in [2.45, 2.75) is 32.9 Å². The second-order valence-electron chi connectivity index (χ2n) is 8.37. The average Bonchev–Trinajstić information content (AvgIpc) is 2.65. The van der Waals surface area contributed by atoms with Crippen LogP contribution in [0, 0.1) is 0 Å². The third kappa shape index (κ3) is 8.05. The molecule has 0 aliphatic rings. The second kappa shape index (κ2) is 10.5. The fourth-order valence-electron chi connectivity index (χ4n) is 2.93. The van der Waals surface area contributed by atoms with Crippen LogP contribution in [-0.2, 0) is 16.1 Å². The van der Waals surface area contributed by atoms with Gasteiger partial charge in [-0.05, 0) is 38.5 Å². The largest absolute Gasteiger partial charge is 0.348 e. The molecule has 0 spiro atoms. The van der Waals surface area contributed by atoms with Gasteiger partial charge in [0.2, 0.25) is 0 Å². The van der Waals surface area contributed by atoms with E-state index in [4.69, 9.17) is 0 Å². The molecule has 4 N–H and O–H groups in total. The zero-order chi connectivity index (χ0) is 22.1. The highest BCUT2D eigenvalue weighted by Gasteiger charge is 2.20. The van der Waals surface area contributed by atoms with E-state index in [1.165, 1.54) is 0 Å². The van der Waals surface area contributed by atoms with Gasteiger partial charge >= 0.3 is 0 Å². The molecule has 160 valence electrons. The number of anilines is 1. The van der Waals surface area contributed by atoms with Crippen LogP contribution in [0.25, 0.3) is 0 Å². The van der Waals surface area contributed by atoms with Gasteiger partial charge in [-0.3, -0.25) is 14.4 Å². The predicted molar refractivity (Wildman–Crippen MR) is 117 cm³/mol. The number of para-hydroxylation sites is 1. The minimum Gasteiger partial charge on any atom is -0.348 e. The smallest absolute Gasteiger partial charge is 0.279 e. The maximum absolute atomic E-state index is 12.6. The third-order valence-electron chi connectivity index (χ3n) is 4.18. The number of rotatable bonds is 8. The van der Waals surface area contributed by atoms with Crippen LogP contribution >= 0.6 is 0 Å². The average molecular weight is 412 g/mol. The highest BCUT2D eigenvalue weighted by Crippen LogP contribution is 2.15. The predicted octanol–water partition coefficient (Wildman–Crippen LogP) is 0.985. The maximum atomic E-state index is 12.6. The number of quaternary nitrogens is 1. The molecule has 3 amide bonds. The molecule has 2 rings (SSSR count). The lowest BCUT2D eigenvalue weighted by Crippen LogP contribution is -3.11. The molecule has 0 aliphatic carbocycles. The van der Waals surface area contributed by atoms with Gasteiger partial charge in [0, 0.05) is 12.1 Å². The lowest BCUT2D eigenvalue weighted by atomic mass is 10.1. The number of benzene rings is 2. The number of hydrogen-bond donors (Lipinski definition) is 4. The standard InChI is InChI=1S/C23H30N4O3/c1-23(2,3)26-21(29)16-27(4)15-20(28)25-19-13-9-8-12-18(19)22(30)24-14-17-10-6-5-7-11-17/h5-13H,14-16H2,1-4H3,(H,24,30)(H,25,28)(H,26,29)/p+1. The normalized spacial score (nSPS) is 12.0. The number of nitrogens with one attached hydrogen (secondary N) is 4. The van der Waals surface area contributed by atoms with E-state index in [0.717, 1.165) is 10.5 Å². The monoisotopic (exact) mass is 411 g/mol. The molecule has 2 aromatic carbocycles. The van der Waals surface area contributed by atoms with Crippen molar-refractivity contribution in [2.75, 3.05) is 25.5 Å². The molecule has 0 radical (unpaired) electrons. The van der Waals surface area contributed by atoms with Crippen LogP contribution in [0.15, 0.2) is 54.6 Å². The van der Waals surface area contributed by atoms with Gasteiger partial charge in [0.1, 0.15) is 0 Å². The van der Waals surface area contributed by atoms with Crippen molar-refractivity contribution in [3.63, 3.8) is 0 Å². The summed E-state index contributed by atoms with van der Waals surface area (Å²) in [6.45, 7) is 6.42. The topological polar surface area (TPSA) is 91.7 Å². The van der Waals surface area contributed by atoms with Gasteiger partial charge in [0.15, 0.2) is 13.1 Å². The Morgan fingerprint density at radius 3 is 2.13 bits per heavy atom. The van der Waals surface area contributed by atoms with Crippen LogP contribution in [0.2, 0.25) is 0 Å². The van der Waals surface area contributed by atoms with Crippen molar-refractivity contribution < 1.29 is 19.3 Å². The molecule has 1 atom stereocenters. The first-order valence-electron chi connectivity index (χ1n) is 9.97. The SMILES string of the molecule is C[NH+](CC(=O)Nc1ccccc1C(=O)NCc1ccccc1)CC(=O)NC(C)(C)C. The molecule has 0 heterocycles. The summed E-state index contributed by atoms with van der Waals surface area (Å²) in [5.41, 5.74) is 1.52. The van der Waals surface area contributed by atoms with Gasteiger partial charge in [0.05, 0.1) is 18.3 Å². The highest BCUT2D eigenvalue weighted by atomic mass is 16.2. The minimum atomic E-state index is -0.314. The van der Waals surface area contributed by atoms with Crippen molar-refractivity contribution in [2.24, 2.45) is 0 Å². The second-order valence-corrected chi connectivity index (χ2v) is 8.37. The van der Waals surface area contributed by atoms with Crippen LogP contribution in [0.5, 0.6) is 0 Å². The Morgan fingerprint density at radius 2 is 1.47 bits per heavy atom. The Morgan fingerprint density at radius 1 is 0.867 bits per heavy atom. The molecule has 30 heavy (non-hydrogen) atoms. The number of amides is 3. The van der Waals surface area contributed by atoms with Gasteiger partial charge in [-0.2, -0.15) is 0 Å². The number of hydrogen-bond acceptors (Lipinski definition) is 3. The summed E-state index contributed by atoms with van der Waals surface area (Å²) in [4.78, 5) is 37.8. The van der Waals surface area contributed by atoms with E-state index in [9.17, 15) is 14.4 Å². The molecule has 7 heteroatoms. The van der Waals surface area contributed by atoms with Crippen LogP contribution < -0.4 is 20.9 Å². The summed E-state index contributed by atoms with van der Waals surface area (Å²) in [5, 5.41) is 8.54. The van der Waals surface area contributed by atoms with Crippen LogP contribution in [0.1, 0.15) is 36.7 Å². The van der Waals surface area contributed by atoms with Gasteiger partial charge in [-0.1, -0.05) is 42.5 Å². The van der Waals surface area contributed by atoms with E-state index in [0.29, 0.717) is 17.8 Å². The highest BCUT2D eigenvalue weighted by molar-refractivity contribution is 6.03. The molecule has 7 nitrogen and oxygen atoms in total. The van der Waals surface area contributed by atoms with E-state index in [2.05, 4.69) is 16.0 Å². The van der Waals surface area contributed by atoms with Crippen LogP contribution in [0.4, 0.5) is 5.69 Å². The van der Waals surface area contributed by atoms with E-state index in [1.807, 2.05) is 51.1 Å². The summed E-state index contributed by atoms with van der Waals surface area (Å²) >= 11 is 0. The van der Waals surface area contributed by atoms with E-state index < -0.39 is 0 Å². The van der Waals surface area contributed by atoms with E-state index in [1.54, 1.807) is 31.3 Å². The number of likely N-dealkylation sites (N-methyl/N-ethyl adjacent to an activating group) is 1. The molecule has 0 aliphatic heterocycles. The van der Waals surface area contributed by atoms with E-state index in [-0.39, 0.29) is 36.3 Å². The molecule has 0 saturated heterocycles. The first kappa shape index (κ1) is 23.1. The third-order valence-corrected chi connectivity index (χ3v) is 4.18. The zero-order valence-electron chi connectivity index (χ0n) is 18.0. The van der Waals surface area contributed by atoms with Crippen molar-refractivity contribution >= 4 is 23.4 Å². The Balaban J connectivity index is 1.92.